The van der Waals surface area contributed by atoms with E-state index in [4.69, 9.17) is 23.2 Å². The van der Waals surface area contributed by atoms with E-state index >= 15 is 0 Å². The number of nitrogens with one attached hydrogen (secondary N) is 1. The normalized spacial score (nSPS) is 14.9. The second-order valence-electron chi connectivity index (χ2n) is 5.61. The standard InChI is InChI=1S/C17H15Cl2N3/c18-13-9-15-16(10-14(13)19)21-17(20-15)11-3-5-12(6-4-11)22-7-1-2-8-22/h3-6,9-10H,1-2,7-8H2,(H,20,21). The van der Waals surface area contributed by atoms with Crippen LogP contribution >= 0.6 is 23.2 Å². The Hall–Kier alpha value is -1.71. The van der Waals surface area contributed by atoms with Gasteiger partial charge in [0, 0.05) is 24.3 Å². The number of aromatic nitrogens is 2. The van der Waals surface area contributed by atoms with Gasteiger partial charge >= 0.3 is 0 Å². The molecule has 5 heteroatoms. The quantitative estimate of drug-likeness (QED) is 0.705. The van der Waals surface area contributed by atoms with E-state index in [2.05, 4.69) is 39.1 Å². The molecule has 2 aromatic carbocycles. The van der Waals surface area contributed by atoms with E-state index in [0.717, 1.165) is 35.5 Å². The maximum atomic E-state index is 6.05. The van der Waals surface area contributed by atoms with Crippen LogP contribution in [0.5, 0.6) is 0 Å². The van der Waals surface area contributed by atoms with E-state index in [1.807, 2.05) is 6.07 Å². The minimum Gasteiger partial charge on any atom is -0.372 e. The first-order valence-corrected chi connectivity index (χ1v) is 8.16. The molecule has 0 spiro atoms. The van der Waals surface area contributed by atoms with E-state index in [1.54, 1.807) is 6.07 Å². The highest BCUT2D eigenvalue weighted by molar-refractivity contribution is 6.42. The van der Waals surface area contributed by atoms with Gasteiger partial charge in [0.05, 0.1) is 21.1 Å². The van der Waals surface area contributed by atoms with Crippen LogP contribution in [0.25, 0.3) is 22.4 Å². The van der Waals surface area contributed by atoms with Crippen LogP contribution in [-0.2, 0) is 0 Å². The number of benzene rings is 2. The average molecular weight is 332 g/mol. The van der Waals surface area contributed by atoms with Crippen LogP contribution in [0.15, 0.2) is 36.4 Å². The van der Waals surface area contributed by atoms with E-state index < -0.39 is 0 Å². The molecule has 1 fully saturated rings. The Morgan fingerprint density at radius 2 is 1.64 bits per heavy atom. The van der Waals surface area contributed by atoms with Crippen molar-refractivity contribution in [2.75, 3.05) is 18.0 Å². The molecule has 1 aromatic heterocycles. The highest BCUT2D eigenvalue weighted by Gasteiger charge is 2.13. The first-order valence-electron chi connectivity index (χ1n) is 7.41. The van der Waals surface area contributed by atoms with Gasteiger partial charge < -0.3 is 9.88 Å². The van der Waals surface area contributed by atoms with Crippen LogP contribution in [0.3, 0.4) is 0 Å². The Morgan fingerprint density at radius 3 is 2.36 bits per heavy atom. The Balaban J connectivity index is 1.69. The number of fused-ring (bicyclic) bond motifs is 1. The third-order valence-corrected chi connectivity index (χ3v) is 4.86. The van der Waals surface area contributed by atoms with Crippen molar-refractivity contribution in [1.82, 2.24) is 9.97 Å². The summed E-state index contributed by atoms with van der Waals surface area (Å²) in [6.07, 6.45) is 2.57. The molecule has 0 unspecified atom stereocenters. The zero-order chi connectivity index (χ0) is 15.1. The van der Waals surface area contributed by atoms with Crippen molar-refractivity contribution in [2.45, 2.75) is 12.8 Å². The molecule has 0 atom stereocenters. The Bertz CT molecular complexity index is 779. The van der Waals surface area contributed by atoms with Gasteiger partial charge in [-0.1, -0.05) is 23.2 Å². The highest BCUT2D eigenvalue weighted by Crippen LogP contribution is 2.29. The topological polar surface area (TPSA) is 31.9 Å². The molecule has 1 aliphatic heterocycles. The minimum absolute atomic E-state index is 0.525. The van der Waals surface area contributed by atoms with Crippen molar-refractivity contribution >= 4 is 39.9 Å². The molecule has 0 bridgehead atoms. The van der Waals surface area contributed by atoms with E-state index in [0.29, 0.717) is 10.0 Å². The van der Waals surface area contributed by atoms with Gasteiger partial charge in [-0.05, 0) is 49.2 Å². The average Bonchev–Trinajstić information content (AvgIpc) is 3.17. The number of hydrogen-bond donors (Lipinski definition) is 1. The SMILES string of the molecule is Clc1cc2nc(-c3ccc(N4CCCC4)cc3)[nH]c2cc1Cl. The van der Waals surface area contributed by atoms with Crippen LogP contribution in [-0.4, -0.2) is 23.1 Å². The van der Waals surface area contributed by atoms with Crippen molar-refractivity contribution < 1.29 is 0 Å². The van der Waals surface area contributed by atoms with Gasteiger partial charge in [-0.15, -0.1) is 0 Å². The van der Waals surface area contributed by atoms with Crippen molar-refractivity contribution in [3.63, 3.8) is 0 Å². The van der Waals surface area contributed by atoms with E-state index in [-0.39, 0.29) is 0 Å². The van der Waals surface area contributed by atoms with Gasteiger partial charge in [0.2, 0.25) is 0 Å². The number of rotatable bonds is 2. The fraction of sp³-hybridized carbons (Fsp3) is 0.235. The first kappa shape index (κ1) is 13.9. The maximum absolute atomic E-state index is 6.05. The fourth-order valence-electron chi connectivity index (χ4n) is 2.95. The van der Waals surface area contributed by atoms with Crippen LogP contribution in [0.4, 0.5) is 5.69 Å². The van der Waals surface area contributed by atoms with E-state index in [1.165, 1.54) is 18.5 Å². The third-order valence-electron chi connectivity index (χ3n) is 4.14. The number of anilines is 1. The molecular weight excluding hydrogens is 317 g/mol. The number of halogens is 2. The molecular formula is C17H15Cl2N3. The Morgan fingerprint density at radius 1 is 0.955 bits per heavy atom. The van der Waals surface area contributed by atoms with Crippen LogP contribution in [0, 0.1) is 0 Å². The van der Waals surface area contributed by atoms with Gasteiger partial charge in [0.1, 0.15) is 5.82 Å². The van der Waals surface area contributed by atoms with Crippen LogP contribution in [0.1, 0.15) is 12.8 Å². The molecule has 1 aliphatic rings. The minimum atomic E-state index is 0.525. The van der Waals surface area contributed by atoms with Crippen molar-refractivity contribution in [2.24, 2.45) is 0 Å². The summed E-state index contributed by atoms with van der Waals surface area (Å²) in [6, 6.07) is 12.1. The zero-order valence-corrected chi connectivity index (χ0v) is 13.5. The lowest BCUT2D eigenvalue weighted by Gasteiger charge is -2.17. The summed E-state index contributed by atoms with van der Waals surface area (Å²) in [5.74, 6) is 0.835. The predicted octanol–water partition coefficient (Wildman–Crippen LogP) is 5.14. The summed E-state index contributed by atoms with van der Waals surface area (Å²) < 4.78 is 0. The molecule has 3 nitrogen and oxygen atoms in total. The summed E-state index contributed by atoms with van der Waals surface area (Å²) in [7, 11) is 0. The van der Waals surface area contributed by atoms with Gasteiger partial charge in [0.15, 0.2) is 0 Å². The molecule has 4 rings (SSSR count). The Kier molecular flexibility index (Phi) is 3.47. The van der Waals surface area contributed by atoms with Gasteiger partial charge in [-0.25, -0.2) is 4.98 Å². The molecule has 2 heterocycles. The number of nitrogens with zero attached hydrogens (tertiary/aromatic N) is 2. The molecule has 0 saturated carbocycles. The number of H-pyrrole nitrogens is 1. The molecule has 1 N–H and O–H groups in total. The molecule has 0 aliphatic carbocycles. The first-order chi connectivity index (χ1) is 10.7. The van der Waals surface area contributed by atoms with Crippen molar-refractivity contribution in [3.8, 4) is 11.4 Å². The fourth-order valence-corrected chi connectivity index (χ4v) is 3.27. The summed E-state index contributed by atoms with van der Waals surface area (Å²) in [5, 5.41) is 1.06. The lowest BCUT2D eigenvalue weighted by atomic mass is 10.2. The summed E-state index contributed by atoms with van der Waals surface area (Å²) >= 11 is 12.1. The summed E-state index contributed by atoms with van der Waals surface area (Å²) in [6.45, 7) is 2.31. The van der Waals surface area contributed by atoms with E-state index in [9.17, 15) is 0 Å². The summed E-state index contributed by atoms with van der Waals surface area (Å²) in [4.78, 5) is 10.3. The molecule has 112 valence electrons. The van der Waals surface area contributed by atoms with Gasteiger partial charge in [-0.2, -0.15) is 0 Å². The lowest BCUT2D eigenvalue weighted by Crippen LogP contribution is -2.17. The number of aromatic amines is 1. The summed E-state index contributed by atoms with van der Waals surface area (Å²) in [5.41, 5.74) is 4.07. The van der Waals surface area contributed by atoms with Gasteiger partial charge in [-0.3, -0.25) is 0 Å². The Labute approximate surface area is 138 Å². The predicted molar refractivity (Wildman–Crippen MR) is 93.0 cm³/mol. The largest absolute Gasteiger partial charge is 0.372 e. The highest BCUT2D eigenvalue weighted by atomic mass is 35.5. The molecule has 22 heavy (non-hydrogen) atoms. The monoisotopic (exact) mass is 331 g/mol. The lowest BCUT2D eigenvalue weighted by molar-refractivity contribution is 0.949. The van der Waals surface area contributed by atoms with Crippen LogP contribution in [0.2, 0.25) is 10.0 Å². The molecule has 1 saturated heterocycles. The van der Waals surface area contributed by atoms with Crippen molar-refractivity contribution in [1.29, 1.82) is 0 Å². The van der Waals surface area contributed by atoms with Crippen LogP contribution < -0.4 is 4.90 Å². The number of imidazole rings is 1. The van der Waals surface area contributed by atoms with Gasteiger partial charge in [0.25, 0.3) is 0 Å². The second-order valence-corrected chi connectivity index (χ2v) is 6.42. The smallest absolute Gasteiger partial charge is 0.138 e. The molecule has 0 radical (unpaired) electrons. The maximum Gasteiger partial charge on any atom is 0.138 e. The second kappa shape index (κ2) is 5.49. The molecule has 0 amide bonds. The third kappa shape index (κ3) is 2.44. The van der Waals surface area contributed by atoms with Crippen molar-refractivity contribution in [3.05, 3.63) is 46.4 Å². The molecule has 3 aromatic rings. The number of hydrogen-bond acceptors (Lipinski definition) is 2. The zero-order valence-electron chi connectivity index (χ0n) is 11.9.